The molecular formula is C11H14N4O2S. The maximum atomic E-state index is 5.65. The van der Waals surface area contributed by atoms with Crippen LogP contribution in [-0.4, -0.2) is 29.1 Å². The van der Waals surface area contributed by atoms with E-state index in [-0.39, 0.29) is 0 Å². The summed E-state index contributed by atoms with van der Waals surface area (Å²) in [6.45, 7) is 0. The second-order valence-electron chi connectivity index (χ2n) is 3.49. The van der Waals surface area contributed by atoms with E-state index in [1.165, 1.54) is 22.8 Å². The molecule has 0 aliphatic heterocycles. The molecular weight excluding hydrogens is 252 g/mol. The van der Waals surface area contributed by atoms with Crippen LogP contribution in [0.5, 0.6) is 11.5 Å². The fraction of sp³-hybridized carbons (Fsp3) is 0.273. The first-order valence-corrected chi connectivity index (χ1v) is 6.22. The van der Waals surface area contributed by atoms with E-state index in [4.69, 9.17) is 15.3 Å². The molecule has 1 heterocycles. The van der Waals surface area contributed by atoms with Crippen molar-refractivity contribution >= 4 is 11.8 Å². The number of hydrogen-bond acceptors (Lipinski definition) is 6. The number of benzene rings is 1. The van der Waals surface area contributed by atoms with Gasteiger partial charge in [0.05, 0.1) is 14.2 Å². The zero-order valence-electron chi connectivity index (χ0n) is 10.2. The molecule has 0 saturated heterocycles. The predicted octanol–water partition coefficient (Wildman–Crippen LogP) is 1.30. The van der Waals surface area contributed by atoms with Gasteiger partial charge in [-0.1, -0.05) is 11.8 Å². The largest absolute Gasteiger partial charge is 0.497 e. The molecule has 7 heteroatoms. The third kappa shape index (κ3) is 2.67. The molecule has 2 N–H and O–H groups in total. The van der Waals surface area contributed by atoms with E-state index in [9.17, 15) is 0 Å². The molecule has 0 aliphatic rings. The molecule has 2 aromatic rings. The predicted molar refractivity (Wildman–Crippen MR) is 69.3 cm³/mol. The van der Waals surface area contributed by atoms with Crippen LogP contribution in [0.15, 0.2) is 29.7 Å². The number of nitrogen functional groups attached to an aromatic ring is 1. The van der Waals surface area contributed by atoms with E-state index >= 15 is 0 Å². The zero-order chi connectivity index (χ0) is 13.0. The Morgan fingerprint density at radius 3 is 2.78 bits per heavy atom. The van der Waals surface area contributed by atoms with Gasteiger partial charge in [0.15, 0.2) is 0 Å². The third-order valence-corrected chi connectivity index (χ3v) is 3.39. The zero-order valence-corrected chi connectivity index (χ0v) is 11.0. The molecule has 2 rings (SSSR count). The smallest absolute Gasteiger partial charge is 0.209 e. The monoisotopic (exact) mass is 266 g/mol. The average molecular weight is 266 g/mol. The normalized spacial score (nSPS) is 10.3. The standard InChI is InChI=1S/C11H14N4O2S/c1-16-9-3-4-10(17-2)8(5-9)6-18-11-14-13-7-15(11)12/h3-5,7H,6,12H2,1-2H3. The van der Waals surface area contributed by atoms with Crippen molar-refractivity contribution in [2.75, 3.05) is 20.1 Å². The van der Waals surface area contributed by atoms with Crippen molar-refractivity contribution in [3.63, 3.8) is 0 Å². The van der Waals surface area contributed by atoms with Gasteiger partial charge in [-0.15, -0.1) is 10.2 Å². The molecule has 0 saturated carbocycles. The molecule has 0 unspecified atom stereocenters. The summed E-state index contributed by atoms with van der Waals surface area (Å²) < 4.78 is 11.9. The third-order valence-electron chi connectivity index (χ3n) is 2.38. The Morgan fingerprint density at radius 1 is 1.33 bits per heavy atom. The molecule has 0 aliphatic carbocycles. The summed E-state index contributed by atoms with van der Waals surface area (Å²) in [6.07, 6.45) is 1.46. The second-order valence-corrected chi connectivity index (χ2v) is 4.43. The van der Waals surface area contributed by atoms with Crippen molar-refractivity contribution < 1.29 is 9.47 Å². The lowest BCUT2D eigenvalue weighted by Crippen LogP contribution is -2.07. The Kier molecular flexibility index (Phi) is 3.93. The topological polar surface area (TPSA) is 75.2 Å². The highest BCUT2D eigenvalue weighted by Gasteiger charge is 2.08. The van der Waals surface area contributed by atoms with Crippen LogP contribution in [0.1, 0.15) is 5.56 Å². The fourth-order valence-electron chi connectivity index (χ4n) is 1.47. The lowest BCUT2D eigenvalue weighted by Gasteiger charge is -2.09. The summed E-state index contributed by atoms with van der Waals surface area (Å²) in [6, 6.07) is 5.67. The van der Waals surface area contributed by atoms with Crippen LogP contribution in [0, 0.1) is 0 Å². The van der Waals surface area contributed by atoms with E-state index in [1.54, 1.807) is 14.2 Å². The molecule has 0 amide bonds. The molecule has 0 atom stereocenters. The van der Waals surface area contributed by atoms with E-state index in [0.717, 1.165) is 17.1 Å². The summed E-state index contributed by atoms with van der Waals surface area (Å²) in [4.78, 5) is 0. The molecule has 6 nitrogen and oxygen atoms in total. The molecule has 96 valence electrons. The summed E-state index contributed by atoms with van der Waals surface area (Å²) in [5.41, 5.74) is 1.02. The number of aromatic nitrogens is 3. The van der Waals surface area contributed by atoms with E-state index < -0.39 is 0 Å². The van der Waals surface area contributed by atoms with Crippen molar-refractivity contribution in [2.45, 2.75) is 10.9 Å². The highest BCUT2D eigenvalue weighted by Crippen LogP contribution is 2.29. The first-order valence-electron chi connectivity index (χ1n) is 5.23. The minimum atomic E-state index is 0.653. The van der Waals surface area contributed by atoms with Crippen molar-refractivity contribution in [3.05, 3.63) is 30.1 Å². The van der Waals surface area contributed by atoms with Crippen LogP contribution in [0.3, 0.4) is 0 Å². The number of hydrogen-bond donors (Lipinski definition) is 1. The molecule has 1 aromatic carbocycles. The maximum absolute atomic E-state index is 5.65. The van der Waals surface area contributed by atoms with Crippen molar-refractivity contribution in [3.8, 4) is 11.5 Å². The Labute approximate surface area is 109 Å². The van der Waals surface area contributed by atoms with Gasteiger partial charge in [0.25, 0.3) is 0 Å². The average Bonchev–Trinajstić information content (AvgIpc) is 2.81. The van der Waals surface area contributed by atoms with Crippen LogP contribution < -0.4 is 15.3 Å². The van der Waals surface area contributed by atoms with Gasteiger partial charge in [-0.25, -0.2) is 4.68 Å². The Hall–Kier alpha value is -1.89. The van der Waals surface area contributed by atoms with E-state index in [0.29, 0.717) is 10.9 Å². The number of nitrogens with zero attached hydrogens (tertiary/aromatic N) is 3. The minimum absolute atomic E-state index is 0.653. The van der Waals surface area contributed by atoms with Crippen LogP contribution in [-0.2, 0) is 5.75 Å². The molecule has 18 heavy (non-hydrogen) atoms. The second kappa shape index (κ2) is 5.63. The van der Waals surface area contributed by atoms with Gasteiger partial charge in [0.1, 0.15) is 17.8 Å². The number of methoxy groups -OCH3 is 2. The molecule has 0 radical (unpaired) electrons. The first kappa shape index (κ1) is 12.6. The van der Waals surface area contributed by atoms with Gasteiger partial charge in [-0.2, -0.15) is 0 Å². The summed E-state index contributed by atoms with van der Waals surface area (Å²) in [5, 5.41) is 8.28. The van der Waals surface area contributed by atoms with E-state index in [1.807, 2.05) is 18.2 Å². The van der Waals surface area contributed by atoms with Crippen LogP contribution in [0.4, 0.5) is 0 Å². The van der Waals surface area contributed by atoms with Gasteiger partial charge < -0.3 is 15.3 Å². The maximum Gasteiger partial charge on any atom is 0.209 e. The number of ether oxygens (including phenoxy) is 2. The van der Waals surface area contributed by atoms with Gasteiger partial charge in [0.2, 0.25) is 5.16 Å². The highest BCUT2D eigenvalue weighted by molar-refractivity contribution is 7.98. The number of thioether (sulfide) groups is 1. The van der Waals surface area contributed by atoms with Crippen molar-refractivity contribution in [2.24, 2.45) is 0 Å². The Bertz CT molecular complexity index is 530. The summed E-state index contributed by atoms with van der Waals surface area (Å²) in [5.74, 6) is 7.93. The SMILES string of the molecule is COc1ccc(OC)c(CSc2nncn2N)c1. The molecule has 0 fully saturated rings. The van der Waals surface area contributed by atoms with Crippen LogP contribution >= 0.6 is 11.8 Å². The first-order chi connectivity index (χ1) is 8.74. The van der Waals surface area contributed by atoms with Gasteiger partial charge in [0, 0.05) is 11.3 Å². The summed E-state index contributed by atoms with van der Waals surface area (Å²) in [7, 11) is 3.27. The highest BCUT2D eigenvalue weighted by atomic mass is 32.2. The minimum Gasteiger partial charge on any atom is -0.497 e. The van der Waals surface area contributed by atoms with Crippen molar-refractivity contribution in [1.29, 1.82) is 0 Å². The van der Waals surface area contributed by atoms with Crippen LogP contribution in [0.25, 0.3) is 0 Å². The van der Waals surface area contributed by atoms with Crippen LogP contribution in [0.2, 0.25) is 0 Å². The number of nitrogens with two attached hydrogens (primary N) is 1. The van der Waals surface area contributed by atoms with Crippen molar-refractivity contribution in [1.82, 2.24) is 14.9 Å². The van der Waals surface area contributed by atoms with Gasteiger partial charge in [-0.05, 0) is 18.2 Å². The Morgan fingerprint density at radius 2 is 2.17 bits per heavy atom. The molecule has 1 aromatic heterocycles. The van der Waals surface area contributed by atoms with E-state index in [2.05, 4.69) is 10.2 Å². The fourth-order valence-corrected chi connectivity index (χ4v) is 2.28. The lowest BCUT2D eigenvalue weighted by atomic mass is 10.2. The number of rotatable bonds is 5. The molecule has 0 bridgehead atoms. The van der Waals surface area contributed by atoms with Gasteiger partial charge in [-0.3, -0.25) is 0 Å². The quantitative estimate of drug-likeness (QED) is 0.649. The lowest BCUT2D eigenvalue weighted by molar-refractivity contribution is 0.400. The summed E-state index contributed by atoms with van der Waals surface area (Å²) >= 11 is 1.48. The molecule has 0 spiro atoms. The van der Waals surface area contributed by atoms with Gasteiger partial charge >= 0.3 is 0 Å². The Balaban J connectivity index is 2.14.